The average Bonchev–Trinajstić information content (AvgIpc) is 2.56. The first-order valence-electron chi connectivity index (χ1n) is 9.78. The molecule has 2 aromatic carbocycles. The van der Waals surface area contributed by atoms with Crippen LogP contribution in [-0.2, 0) is 18.9 Å². The summed E-state index contributed by atoms with van der Waals surface area (Å²) < 4.78 is 2.31. The van der Waals surface area contributed by atoms with Gasteiger partial charge < -0.3 is 0 Å². The van der Waals surface area contributed by atoms with E-state index in [1.807, 2.05) is 0 Å². The Balaban J connectivity index is 2.18. The highest BCUT2D eigenvalue weighted by Crippen LogP contribution is 2.49. The molecule has 1 heterocycles. The lowest BCUT2D eigenvalue weighted by Crippen LogP contribution is -2.36. The van der Waals surface area contributed by atoms with Gasteiger partial charge in [0.1, 0.15) is 7.05 Å². The number of benzene rings is 2. The zero-order valence-electron chi connectivity index (χ0n) is 17.2. The van der Waals surface area contributed by atoms with Crippen LogP contribution >= 0.6 is 0 Å². The van der Waals surface area contributed by atoms with Gasteiger partial charge in [-0.05, 0) is 59.4 Å². The summed E-state index contributed by atoms with van der Waals surface area (Å²) in [6.07, 6.45) is 3.36. The predicted octanol–water partition coefficient (Wildman–Crippen LogP) is 5.79. The van der Waals surface area contributed by atoms with E-state index in [2.05, 4.69) is 89.7 Å². The summed E-state index contributed by atoms with van der Waals surface area (Å²) in [6.45, 7) is 13.9. The van der Waals surface area contributed by atoms with Crippen molar-refractivity contribution in [3.05, 3.63) is 64.3 Å². The molecular formula is C25H30N+. The molecule has 134 valence electrons. The first-order chi connectivity index (χ1) is 12.2. The Kier molecular flexibility index (Phi) is 3.77. The second-order valence-electron chi connectivity index (χ2n) is 9.04. The molecule has 26 heavy (non-hydrogen) atoms. The number of aryl methyl sites for hydroxylation is 2. The monoisotopic (exact) mass is 344 g/mol. The highest BCUT2D eigenvalue weighted by molar-refractivity contribution is 6.01. The predicted molar refractivity (Wildman–Crippen MR) is 111 cm³/mol. The van der Waals surface area contributed by atoms with Gasteiger partial charge in [0, 0.05) is 11.5 Å². The Morgan fingerprint density at radius 2 is 1.73 bits per heavy atom. The summed E-state index contributed by atoms with van der Waals surface area (Å²) in [5.74, 6) is 0.669. The molecule has 4 rings (SSSR count). The number of aromatic nitrogens is 1. The van der Waals surface area contributed by atoms with Crippen LogP contribution in [-0.4, -0.2) is 0 Å². The third kappa shape index (κ3) is 2.33. The van der Waals surface area contributed by atoms with Gasteiger partial charge in [-0.15, -0.1) is 0 Å². The number of pyridine rings is 1. The summed E-state index contributed by atoms with van der Waals surface area (Å²) >= 11 is 0. The lowest BCUT2D eigenvalue weighted by Gasteiger charge is -2.35. The molecule has 3 aromatic rings. The largest absolute Gasteiger partial charge is 0.221 e. The molecule has 0 atom stereocenters. The van der Waals surface area contributed by atoms with Gasteiger partial charge >= 0.3 is 0 Å². The minimum Gasteiger partial charge on any atom is -0.200 e. The van der Waals surface area contributed by atoms with Crippen molar-refractivity contribution >= 4 is 10.8 Å². The fraction of sp³-hybridized carbons (Fsp3) is 0.400. The molecule has 0 saturated carbocycles. The molecule has 1 aromatic heterocycles. The molecule has 1 aliphatic rings. The van der Waals surface area contributed by atoms with Crippen LogP contribution in [0.3, 0.4) is 0 Å². The van der Waals surface area contributed by atoms with E-state index in [0.717, 1.165) is 6.42 Å². The molecule has 0 amide bonds. The van der Waals surface area contributed by atoms with E-state index >= 15 is 0 Å². The number of hydrogen-bond donors (Lipinski definition) is 0. The molecule has 0 radical (unpaired) electrons. The number of nitrogens with zero attached hydrogens (tertiary/aromatic N) is 1. The molecule has 0 aliphatic heterocycles. The summed E-state index contributed by atoms with van der Waals surface area (Å²) in [5.41, 5.74) is 10.0. The Morgan fingerprint density at radius 1 is 1.00 bits per heavy atom. The molecule has 0 unspecified atom stereocenters. The van der Waals surface area contributed by atoms with Crippen LogP contribution < -0.4 is 4.57 Å². The molecule has 1 heteroatoms. The molecule has 1 aliphatic carbocycles. The van der Waals surface area contributed by atoms with Crippen molar-refractivity contribution in [1.82, 2.24) is 0 Å². The molecule has 0 N–H and O–H groups in total. The minimum absolute atomic E-state index is 0.0143. The maximum absolute atomic E-state index is 2.48. The fourth-order valence-electron chi connectivity index (χ4n) is 4.74. The van der Waals surface area contributed by atoms with Crippen molar-refractivity contribution in [2.75, 3.05) is 0 Å². The van der Waals surface area contributed by atoms with Crippen LogP contribution in [0, 0.1) is 19.8 Å². The normalized spacial score (nSPS) is 14.8. The van der Waals surface area contributed by atoms with Gasteiger partial charge in [-0.2, -0.15) is 0 Å². The molecule has 0 spiro atoms. The van der Waals surface area contributed by atoms with Gasteiger partial charge in [0.2, 0.25) is 5.69 Å². The van der Waals surface area contributed by atoms with E-state index < -0.39 is 0 Å². The highest BCUT2D eigenvalue weighted by Gasteiger charge is 2.38. The van der Waals surface area contributed by atoms with Gasteiger partial charge in [0.25, 0.3) is 0 Å². The van der Waals surface area contributed by atoms with Crippen molar-refractivity contribution in [3.63, 3.8) is 0 Å². The summed E-state index contributed by atoms with van der Waals surface area (Å²) in [7, 11) is 2.18. The Labute approximate surface area is 157 Å². The average molecular weight is 345 g/mol. The number of hydrogen-bond acceptors (Lipinski definition) is 0. The highest BCUT2D eigenvalue weighted by atomic mass is 14.9. The number of fused-ring (bicyclic) bond motifs is 2. The topological polar surface area (TPSA) is 3.88 Å². The van der Waals surface area contributed by atoms with E-state index in [0.29, 0.717) is 5.92 Å². The van der Waals surface area contributed by atoms with Crippen LogP contribution in [0.25, 0.3) is 22.0 Å². The smallest absolute Gasteiger partial charge is 0.200 e. The van der Waals surface area contributed by atoms with E-state index in [9.17, 15) is 0 Å². The van der Waals surface area contributed by atoms with Crippen LogP contribution in [0.15, 0.2) is 36.5 Å². The first kappa shape index (κ1) is 17.3. The molecule has 0 fully saturated rings. The van der Waals surface area contributed by atoms with Crippen LogP contribution in [0.5, 0.6) is 0 Å². The standard InChI is InChI=1S/C25H30N/c1-15(2)12-18-13-19-10-11-26(7)24-22-17(4)16(3)8-9-20(22)25(5,6)21(14-18)23(19)24/h8-11,13-15H,12H2,1-7H3/q+1. The summed E-state index contributed by atoms with van der Waals surface area (Å²) in [5, 5.41) is 2.82. The van der Waals surface area contributed by atoms with Crippen LogP contribution in [0.2, 0.25) is 0 Å². The lowest BCUT2D eigenvalue weighted by atomic mass is 9.68. The van der Waals surface area contributed by atoms with E-state index in [1.54, 1.807) is 0 Å². The molecule has 0 bridgehead atoms. The summed E-state index contributed by atoms with van der Waals surface area (Å²) in [6, 6.07) is 11.8. The van der Waals surface area contributed by atoms with Crippen molar-refractivity contribution < 1.29 is 4.57 Å². The van der Waals surface area contributed by atoms with Gasteiger partial charge in [-0.25, -0.2) is 4.57 Å². The van der Waals surface area contributed by atoms with Gasteiger partial charge in [0.15, 0.2) is 6.20 Å². The van der Waals surface area contributed by atoms with Gasteiger partial charge in [-0.3, -0.25) is 0 Å². The first-order valence-corrected chi connectivity index (χ1v) is 9.78. The Hall–Kier alpha value is -2.15. The lowest BCUT2D eigenvalue weighted by molar-refractivity contribution is -0.659. The Morgan fingerprint density at radius 3 is 2.42 bits per heavy atom. The van der Waals surface area contributed by atoms with E-state index in [4.69, 9.17) is 0 Å². The molecule has 0 saturated heterocycles. The third-order valence-corrected chi connectivity index (χ3v) is 6.26. The van der Waals surface area contributed by atoms with Crippen molar-refractivity contribution in [1.29, 1.82) is 0 Å². The maximum atomic E-state index is 2.48. The molecular weight excluding hydrogens is 314 g/mol. The fourth-order valence-corrected chi connectivity index (χ4v) is 4.74. The SMILES string of the molecule is Cc1ccc2c(c1C)-c1c3c(cc(CC(C)C)cc3cc[n+]1C)C2(C)C. The Bertz CT molecular complexity index is 1040. The van der Waals surface area contributed by atoms with E-state index in [-0.39, 0.29) is 5.41 Å². The second-order valence-corrected chi connectivity index (χ2v) is 9.04. The van der Waals surface area contributed by atoms with Crippen LogP contribution in [0.4, 0.5) is 0 Å². The minimum atomic E-state index is 0.0143. The van der Waals surface area contributed by atoms with Crippen molar-refractivity contribution in [2.45, 2.75) is 53.4 Å². The summed E-state index contributed by atoms with van der Waals surface area (Å²) in [4.78, 5) is 0. The van der Waals surface area contributed by atoms with Gasteiger partial charge in [-0.1, -0.05) is 52.0 Å². The van der Waals surface area contributed by atoms with Crippen molar-refractivity contribution in [3.8, 4) is 11.3 Å². The maximum Gasteiger partial charge on any atom is 0.221 e. The van der Waals surface area contributed by atoms with Crippen molar-refractivity contribution in [2.24, 2.45) is 13.0 Å². The number of rotatable bonds is 2. The zero-order valence-corrected chi connectivity index (χ0v) is 17.2. The third-order valence-electron chi connectivity index (χ3n) is 6.26. The zero-order chi connectivity index (χ0) is 18.8. The molecule has 1 nitrogen and oxygen atoms in total. The van der Waals surface area contributed by atoms with Gasteiger partial charge in [0.05, 0.1) is 10.9 Å². The van der Waals surface area contributed by atoms with Crippen LogP contribution in [0.1, 0.15) is 55.5 Å². The van der Waals surface area contributed by atoms with E-state index in [1.165, 1.54) is 49.8 Å². The quantitative estimate of drug-likeness (QED) is 0.518. The second kappa shape index (κ2) is 5.67.